The molecule has 0 bridgehead atoms. The van der Waals surface area contributed by atoms with Crippen molar-refractivity contribution in [2.24, 2.45) is 0 Å². The number of nitrogens with one attached hydrogen (secondary N) is 3. The summed E-state index contributed by atoms with van der Waals surface area (Å²) >= 11 is 1.41. The lowest BCUT2D eigenvalue weighted by atomic mass is 10.2. The first-order chi connectivity index (χ1) is 15.7. The van der Waals surface area contributed by atoms with Crippen LogP contribution in [0.3, 0.4) is 0 Å². The summed E-state index contributed by atoms with van der Waals surface area (Å²) in [5, 5.41) is 6.39. The number of anilines is 1. The maximum Gasteiger partial charge on any atom is 0.338 e. The average Bonchev–Trinajstić information content (AvgIpc) is 3.32. The predicted octanol–water partition coefficient (Wildman–Crippen LogP) is 3.12. The molecular formula is C22H21N3O6S2. The zero-order valence-corrected chi connectivity index (χ0v) is 19.1. The molecule has 1 aromatic heterocycles. The standard InChI is InChI=1S/C22H21N3O6S2/c1-15(20(26)25-22(28)24-17-8-3-2-4-9-17)31-21(27)16-7-5-11-19(13-16)33(29,30)23-14-18-10-6-12-32-18/h2-13,15,23H,14H2,1H3,(H2,24,25,26,28). The molecule has 11 heteroatoms. The molecule has 0 aliphatic rings. The van der Waals surface area contributed by atoms with E-state index in [9.17, 15) is 22.8 Å². The molecule has 172 valence electrons. The van der Waals surface area contributed by atoms with Crippen LogP contribution in [0, 0.1) is 0 Å². The van der Waals surface area contributed by atoms with E-state index in [1.165, 1.54) is 36.5 Å². The summed E-state index contributed by atoms with van der Waals surface area (Å²) < 4.78 is 32.6. The highest BCUT2D eigenvalue weighted by atomic mass is 32.2. The summed E-state index contributed by atoms with van der Waals surface area (Å²) in [5.74, 6) is -1.74. The van der Waals surface area contributed by atoms with Gasteiger partial charge >= 0.3 is 12.0 Å². The minimum absolute atomic E-state index is 0.0533. The number of carbonyl (C=O) groups excluding carboxylic acids is 3. The number of esters is 1. The third kappa shape index (κ3) is 6.97. The van der Waals surface area contributed by atoms with Gasteiger partial charge in [-0.25, -0.2) is 22.7 Å². The Labute approximate surface area is 194 Å². The fourth-order valence-electron chi connectivity index (χ4n) is 2.63. The van der Waals surface area contributed by atoms with Gasteiger partial charge in [-0.2, -0.15) is 0 Å². The maximum atomic E-state index is 12.5. The van der Waals surface area contributed by atoms with Crippen molar-refractivity contribution in [1.82, 2.24) is 10.0 Å². The van der Waals surface area contributed by atoms with Gasteiger partial charge < -0.3 is 10.1 Å². The molecule has 0 radical (unpaired) electrons. The molecule has 33 heavy (non-hydrogen) atoms. The van der Waals surface area contributed by atoms with Crippen LogP contribution < -0.4 is 15.4 Å². The lowest BCUT2D eigenvalue weighted by molar-refractivity contribution is -0.127. The molecule has 3 rings (SSSR count). The predicted molar refractivity (Wildman–Crippen MR) is 123 cm³/mol. The molecule has 0 aliphatic heterocycles. The van der Waals surface area contributed by atoms with Gasteiger partial charge in [0.25, 0.3) is 5.91 Å². The van der Waals surface area contributed by atoms with E-state index in [0.717, 1.165) is 10.9 Å². The summed E-state index contributed by atoms with van der Waals surface area (Å²) in [4.78, 5) is 37.3. The van der Waals surface area contributed by atoms with Crippen LogP contribution in [-0.4, -0.2) is 32.4 Å². The van der Waals surface area contributed by atoms with E-state index in [4.69, 9.17) is 4.74 Å². The number of benzene rings is 2. The van der Waals surface area contributed by atoms with Crippen LogP contribution in [0.5, 0.6) is 0 Å². The van der Waals surface area contributed by atoms with E-state index in [-0.39, 0.29) is 17.0 Å². The van der Waals surface area contributed by atoms with Crippen molar-refractivity contribution in [3.63, 3.8) is 0 Å². The Morgan fingerprint density at radius 2 is 1.76 bits per heavy atom. The monoisotopic (exact) mass is 487 g/mol. The van der Waals surface area contributed by atoms with Gasteiger partial charge in [-0.15, -0.1) is 11.3 Å². The first kappa shape index (κ1) is 24.1. The van der Waals surface area contributed by atoms with Gasteiger partial charge in [0.15, 0.2) is 6.10 Å². The Morgan fingerprint density at radius 3 is 2.45 bits per heavy atom. The molecule has 3 aromatic rings. The molecule has 1 atom stereocenters. The van der Waals surface area contributed by atoms with Crippen LogP contribution in [0.15, 0.2) is 77.0 Å². The largest absolute Gasteiger partial charge is 0.449 e. The van der Waals surface area contributed by atoms with Crippen molar-refractivity contribution in [3.05, 3.63) is 82.6 Å². The van der Waals surface area contributed by atoms with Gasteiger partial charge in [0.05, 0.1) is 10.5 Å². The number of thiophene rings is 1. The van der Waals surface area contributed by atoms with Gasteiger partial charge in [0.1, 0.15) is 0 Å². The second-order valence-electron chi connectivity index (χ2n) is 6.79. The molecule has 0 saturated carbocycles. The highest BCUT2D eigenvalue weighted by Gasteiger charge is 2.22. The van der Waals surface area contributed by atoms with Crippen LogP contribution in [-0.2, 0) is 26.1 Å². The smallest absolute Gasteiger partial charge is 0.338 e. The van der Waals surface area contributed by atoms with Crippen LogP contribution in [0.25, 0.3) is 0 Å². The number of hydrogen-bond acceptors (Lipinski definition) is 7. The van der Waals surface area contributed by atoms with E-state index in [2.05, 4.69) is 15.4 Å². The highest BCUT2D eigenvalue weighted by Crippen LogP contribution is 2.15. The van der Waals surface area contributed by atoms with Crippen molar-refractivity contribution >= 4 is 45.0 Å². The van der Waals surface area contributed by atoms with Gasteiger partial charge in [0.2, 0.25) is 10.0 Å². The molecule has 2 aromatic carbocycles. The number of para-hydroxylation sites is 1. The van der Waals surface area contributed by atoms with E-state index < -0.39 is 34.0 Å². The Bertz CT molecular complexity index is 1230. The van der Waals surface area contributed by atoms with Crippen LogP contribution in [0.1, 0.15) is 22.2 Å². The first-order valence-corrected chi connectivity index (χ1v) is 12.1. The average molecular weight is 488 g/mol. The molecule has 1 heterocycles. The Balaban J connectivity index is 1.58. The summed E-state index contributed by atoms with van der Waals surface area (Å²) in [5.41, 5.74) is 0.431. The number of urea groups is 1. The molecule has 0 spiro atoms. The van der Waals surface area contributed by atoms with Crippen molar-refractivity contribution in [3.8, 4) is 0 Å². The van der Waals surface area contributed by atoms with Crippen molar-refractivity contribution in [2.75, 3.05) is 5.32 Å². The second kappa shape index (κ2) is 10.9. The molecule has 0 aliphatic carbocycles. The lowest BCUT2D eigenvalue weighted by Crippen LogP contribution is -2.41. The van der Waals surface area contributed by atoms with Crippen molar-refractivity contribution in [2.45, 2.75) is 24.5 Å². The number of ether oxygens (including phenoxy) is 1. The minimum Gasteiger partial charge on any atom is -0.449 e. The van der Waals surface area contributed by atoms with Crippen molar-refractivity contribution in [1.29, 1.82) is 0 Å². The second-order valence-corrected chi connectivity index (χ2v) is 9.59. The SMILES string of the molecule is CC(OC(=O)c1cccc(S(=O)(=O)NCc2cccs2)c1)C(=O)NC(=O)Nc1ccccc1. The van der Waals surface area contributed by atoms with E-state index in [0.29, 0.717) is 5.69 Å². The fraction of sp³-hybridized carbons (Fsp3) is 0.136. The summed E-state index contributed by atoms with van der Waals surface area (Å²) in [6.07, 6.45) is -1.30. The summed E-state index contributed by atoms with van der Waals surface area (Å²) in [7, 11) is -3.87. The Morgan fingerprint density at radius 1 is 1.00 bits per heavy atom. The first-order valence-electron chi connectivity index (χ1n) is 9.74. The number of hydrogen-bond donors (Lipinski definition) is 3. The van der Waals surface area contributed by atoms with Gasteiger partial charge in [0, 0.05) is 17.1 Å². The van der Waals surface area contributed by atoms with Gasteiger partial charge in [-0.3, -0.25) is 10.1 Å². The highest BCUT2D eigenvalue weighted by molar-refractivity contribution is 7.89. The third-order valence-electron chi connectivity index (χ3n) is 4.32. The topological polar surface area (TPSA) is 131 Å². The van der Waals surface area contributed by atoms with Crippen LogP contribution in [0.2, 0.25) is 0 Å². The number of amides is 3. The van der Waals surface area contributed by atoms with Crippen LogP contribution in [0.4, 0.5) is 10.5 Å². The third-order valence-corrected chi connectivity index (χ3v) is 6.59. The number of carbonyl (C=O) groups is 3. The molecule has 0 fully saturated rings. The zero-order valence-electron chi connectivity index (χ0n) is 17.5. The Kier molecular flexibility index (Phi) is 7.93. The molecular weight excluding hydrogens is 466 g/mol. The number of imide groups is 1. The molecule has 1 unspecified atom stereocenters. The quantitative estimate of drug-likeness (QED) is 0.419. The van der Waals surface area contributed by atoms with E-state index >= 15 is 0 Å². The summed E-state index contributed by atoms with van der Waals surface area (Å²) in [6, 6.07) is 16.6. The molecule has 3 amide bonds. The Hall–Kier alpha value is -3.54. The van der Waals surface area contributed by atoms with Crippen molar-refractivity contribution < 1.29 is 27.5 Å². The lowest BCUT2D eigenvalue weighted by Gasteiger charge is -2.14. The minimum atomic E-state index is -3.87. The number of sulfonamides is 1. The van der Waals surface area contributed by atoms with Gasteiger partial charge in [-0.05, 0) is 48.7 Å². The summed E-state index contributed by atoms with van der Waals surface area (Å²) in [6.45, 7) is 1.42. The number of rotatable bonds is 8. The molecule has 0 saturated heterocycles. The van der Waals surface area contributed by atoms with E-state index in [1.807, 2.05) is 11.4 Å². The van der Waals surface area contributed by atoms with Gasteiger partial charge in [-0.1, -0.05) is 30.3 Å². The zero-order chi connectivity index (χ0) is 23.8. The van der Waals surface area contributed by atoms with E-state index in [1.54, 1.807) is 36.4 Å². The maximum absolute atomic E-state index is 12.5. The molecule has 3 N–H and O–H groups in total. The van der Waals surface area contributed by atoms with Crippen LogP contribution >= 0.6 is 11.3 Å². The molecule has 9 nitrogen and oxygen atoms in total. The fourth-order valence-corrected chi connectivity index (χ4v) is 4.42. The normalized spacial score (nSPS) is 11.9.